The number of rotatable bonds is 8. The lowest BCUT2D eigenvalue weighted by molar-refractivity contribution is -0.146. The van der Waals surface area contributed by atoms with Gasteiger partial charge in [0.15, 0.2) is 0 Å². The third-order valence-corrected chi connectivity index (χ3v) is 2.38. The van der Waals surface area contributed by atoms with Crippen LogP contribution in [0.2, 0.25) is 0 Å². The molecular weight excluding hydrogens is 196 g/mol. The molecule has 0 aliphatic rings. The first-order chi connectivity index (χ1) is 7.11. The van der Waals surface area contributed by atoms with Gasteiger partial charge in [-0.1, -0.05) is 19.8 Å². The molecule has 88 valence electrons. The minimum absolute atomic E-state index is 0.125. The van der Waals surface area contributed by atoms with Crippen LogP contribution < -0.4 is 0 Å². The highest BCUT2D eigenvalue weighted by Gasteiger charge is 2.18. The summed E-state index contributed by atoms with van der Waals surface area (Å²) in [7, 11) is 1.37. The molecule has 0 bridgehead atoms. The van der Waals surface area contributed by atoms with Crippen LogP contribution in [0.5, 0.6) is 0 Å². The number of methoxy groups -OCH3 is 1. The van der Waals surface area contributed by atoms with Crippen molar-refractivity contribution < 1.29 is 19.4 Å². The number of ether oxygens (including phenoxy) is 1. The number of carbonyl (C=O) groups is 2. The third kappa shape index (κ3) is 6.94. The molecule has 0 saturated carbocycles. The fourth-order valence-corrected chi connectivity index (χ4v) is 1.50. The van der Waals surface area contributed by atoms with Gasteiger partial charge in [0.1, 0.15) is 0 Å². The van der Waals surface area contributed by atoms with Crippen molar-refractivity contribution in [1.82, 2.24) is 0 Å². The Kier molecular flexibility index (Phi) is 7.68. The summed E-state index contributed by atoms with van der Waals surface area (Å²) in [6.45, 7) is 2.06. The second kappa shape index (κ2) is 8.26. The number of hydrogen-bond acceptors (Lipinski definition) is 3. The number of carboxylic acids is 1. The molecule has 0 aliphatic heterocycles. The average Bonchev–Trinajstić information content (AvgIpc) is 2.21. The van der Waals surface area contributed by atoms with Gasteiger partial charge in [-0.05, 0) is 19.3 Å². The van der Waals surface area contributed by atoms with Gasteiger partial charge in [-0.25, -0.2) is 0 Å². The summed E-state index contributed by atoms with van der Waals surface area (Å²) < 4.78 is 4.68. The first-order valence-electron chi connectivity index (χ1n) is 5.41. The van der Waals surface area contributed by atoms with Gasteiger partial charge in [-0.2, -0.15) is 0 Å². The van der Waals surface area contributed by atoms with Crippen molar-refractivity contribution in [2.45, 2.75) is 45.4 Å². The quantitative estimate of drug-likeness (QED) is 0.632. The van der Waals surface area contributed by atoms with Gasteiger partial charge in [0, 0.05) is 6.42 Å². The predicted molar refractivity (Wildman–Crippen MR) is 56.5 cm³/mol. The third-order valence-electron chi connectivity index (χ3n) is 2.38. The second-order valence-electron chi connectivity index (χ2n) is 3.65. The molecule has 0 rings (SSSR count). The van der Waals surface area contributed by atoms with Crippen molar-refractivity contribution in [1.29, 1.82) is 0 Å². The van der Waals surface area contributed by atoms with Gasteiger partial charge in [-0.3, -0.25) is 9.59 Å². The van der Waals surface area contributed by atoms with E-state index in [2.05, 4.69) is 11.7 Å². The smallest absolute Gasteiger partial charge is 0.308 e. The fraction of sp³-hybridized carbons (Fsp3) is 0.818. The maximum Gasteiger partial charge on any atom is 0.308 e. The maximum absolute atomic E-state index is 11.3. The van der Waals surface area contributed by atoms with Crippen molar-refractivity contribution in [3.8, 4) is 0 Å². The van der Waals surface area contributed by atoms with Crippen molar-refractivity contribution in [3.63, 3.8) is 0 Å². The SMILES string of the molecule is CCCCC(CCCC(=O)O)C(=O)OC. The van der Waals surface area contributed by atoms with E-state index in [-0.39, 0.29) is 18.3 Å². The number of hydrogen-bond donors (Lipinski definition) is 1. The molecule has 0 fully saturated rings. The van der Waals surface area contributed by atoms with Crippen molar-refractivity contribution in [2.75, 3.05) is 7.11 Å². The van der Waals surface area contributed by atoms with E-state index in [1.807, 2.05) is 0 Å². The van der Waals surface area contributed by atoms with Crippen LogP contribution in [-0.2, 0) is 14.3 Å². The maximum atomic E-state index is 11.3. The Balaban J connectivity index is 3.89. The van der Waals surface area contributed by atoms with E-state index in [0.717, 1.165) is 19.3 Å². The van der Waals surface area contributed by atoms with E-state index in [1.165, 1.54) is 7.11 Å². The molecule has 0 heterocycles. The van der Waals surface area contributed by atoms with E-state index >= 15 is 0 Å². The zero-order valence-electron chi connectivity index (χ0n) is 9.49. The predicted octanol–water partition coefficient (Wildman–Crippen LogP) is 2.22. The van der Waals surface area contributed by atoms with Crippen molar-refractivity contribution >= 4 is 11.9 Å². The van der Waals surface area contributed by atoms with E-state index in [9.17, 15) is 9.59 Å². The molecule has 0 amide bonds. The molecule has 4 nitrogen and oxygen atoms in total. The highest BCUT2D eigenvalue weighted by Crippen LogP contribution is 2.17. The van der Waals surface area contributed by atoms with Crippen LogP contribution in [0.15, 0.2) is 0 Å². The van der Waals surface area contributed by atoms with Crippen LogP contribution >= 0.6 is 0 Å². The Labute approximate surface area is 90.6 Å². The van der Waals surface area contributed by atoms with E-state index < -0.39 is 5.97 Å². The van der Waals surface area contributed by atoms with Crippen LogP contribution in [0.1, 0.15) is 45.4 Å². The van der Waals surface area contributed by atoms with Gasteiger partial charge < -0.3 is 9.84 Å². The zero-order chi connectivity index (χ0) is 11.7. The molecule has 0 aromatic carbocycles. The van der Waals surface area contributed by atoms with Gasteiger partial charge in [0.25, 0.3) is 0 Å². The summed E-state index contributed by atoms with van der Waals surface area (Å²) in [6.07, 6.45) is 4.08. The van der Waals surface area contributed by atoms with Crippen LogP contribution in [-0.4, -0.2) is 24.2 Å². The van der Waals surface area contributed by atoms with Gasteiger partial charge in [-0.15, -0.1) is 0 Å². The molecule has 0 aliphatic carbocycles. The Hall–Kier alpha value is -1.06. The van der Waals surface area contributed by atoms with Crippen LogP contribution in [0.3, 0.4) is 0 Å². The van der Waals surface area contributed by atoms with Gasteiger partial charge in [0.2, 0.25) is 0 Å². The highest BCUT2D eigenvalue weighted by atomic mass is 16.5. The number of carbonyl (C=O) groups excluding carboxylic acids is 1. The minimum atomic E-state index is -0.811. The first kappa shape index (κ1) is 13.9. The molecule has 15 heavy (non-hydrogen) atoms. The van der Waals surface area contributed by atoms with Crippen LogP contribution in [0, 0.1) is 5.92 Å². The summed E-state index contributed by atoms with van der Waals surface area (Å²) in [5.74, 6) is -1.16. The summed E-state index contributed by atoms with van der Waals surface area (Å²) in [4.78, 5) is 21.6. The number of esters is 1. The summed E-state index contributed by atoms with van der Waals surface area (Å²) in [6, 6.07) is 0. The largest absolute Gasteiger partial charge is 0.481 e. The van der Waals surface area contributed by atoms with E-state index in [0.29, 0.717) is 12.8 Å². The second-order valence-corrected chi connectivity index (χ2v) is 3.65. The number of unbranched alkanes of at least 4 members (excludes halogenated alkanes) is 1. The molecule has 0 aromatic rings. The molecule has 0 aromatic heterocycles. The number of aliphatic carboxylic acids is 1. The van der Waals surface area contributed by atoms with Crippen LogP contribution in [0.25, 0.3) is 0 Å². The van der Waals surface area contributed by atoms with Crippen molar-refractivity contribution in [2.24, 2.45) is 5.92 Å². The van der Waals surface area contributed by atoms with Gasteiger partial charge >= 0.3 is 11.9 Å². The summed E-state index contributed by atoms with van der Waals surface area (Å²) >= 11 is 0. The lowest BCUT2D eigenvalue weighted by atomic mass is 9.96. The molecule has 0 spiro atoms. The topological polar surface area (TPSA) is 63.6 Å². The Bertz CT molecular complexity index is 201. The standard InChI is InChI=1S/C11H20O4/c1-3-4-6-9(11(14)15-2)7-5-8-10(12)13/h9H,3-8H2,1-2H3,(H,12,13). The molecule has 1 atom stereocenters. The fourth-order valence-electron chi connectivity index (χ4n) is 1.50. The molecule has 0 saturated heterocycles. The highest BCUT2D eigenvalue weighted by molar-refractivity contribution is 5.72. The van der Waals surface area contributed by atoms with Gasteiger partial charge in [0.05, 0.1) is 13.0 Å². The van der Waals surface area contributed by atoms with Crippen molar-refractivity contribution in [3.05, 3.63) is 0 Å². The minimum Gasteiger partial charge on any atom is -0.481 e. The van der Waals surface area contributed by atoms with E-state index in [1.54, 1.807) is 0 Å². The lowest BCUT2D eigenvalue weighted by Gasteiger charge is -2.13. The Morgan fingerprint density at radius 1 is 1.27 bits per heavy atom. The Morgan fingerprint density at radius 3 is 2.33 bits per heavy atom. The van der Waals surface area contributed by atoms with Crippen LogP contribution in [0.4, 0.5) is 0 Å². The normalized spacial score (nSPS) is 12.1. The number of carboxylic acid groups (broad SMARTS) is 1. The molecular formula is C11H20O4. The lowest BCUT2D eigenvalue weighted by Crippen LogP contribution is -2.16. The summed E-state index contributed by atoms with van der Waals surface area (Å²) in [5.41, 5.74) is 0. The average molecular weight is 216 g/mol. The first-order valence-corrected chi connectivity index (χ1v) is 5.41. The molecule has 4 heteroatoms. The molecule has 1 unspecified atom stereocenters. The summed E-state index contributed by atoms with van der Waals surface area (Å²) in [5, 5.41) is 8.48. The zero-order valence-corrected chi connectivity index (χ0v) is 9.49. The molecule has 0 radical (unpaired) electrons. The Morgan fingerprint density at radius 2 is 1.87 bits per heavy atom. The monoisotopic (exact) mass is 216 g/mol. The molecule has 1 N–H and O–H groups in total. The van der Waals surface area contributed by atoms with E-state index in [4.69, 9.17) is 5.11 Å².